The Morgan fingerprint density at radius 3 is 3.00 bits per heavy atom. The van der Waals surface area contributed by atoms with E-state index in [0.717, 1.165) is 11.1 Å². The second-order valence-electron chi connectivity index (χ2n) is 3.39. The van der Waals surface area contributed by atoms with Gasteiger partial charge in [0.1, 0.15) is 6.17 Å². The summed E-state index contributed by atoms with van der Waals surface area (Å²) < 4.78 is 13.6. The van der Waals surface area contributed by atoms with Crippen molar-refractivity contribution in [3.05, 3.63) is 59.7 Å². The minimum atomic E-state index is -0.934. The van der Waals surface area contributed by atoms with Crippen molar-refractivity contribution < 1.29 is 4.39 Å². The van der Waals surface area contributed by atoms with Crippen LogP contribution in [-0.2, 0) is 0 Å². The van der Waals surface area contributed by atoms with Gasteiger partial charge in [0.25, 0.3) is 0 Å². The molecule has 2 unspecified atom stereocenters. The van der Waals surface area contributed by atoms with E-state index in [1.807, 2.05) is 37.3 Å². The second kappa shape index (κ2) is 3.79. The number of benzene rings is 1. The molecular weight excluding hydrogens is 175 g/mol. The van der Waals surface area contributed by atoms with Gasteiger partial charge >= 0.3 is 0 Å². The highest BCUT2D eigenvalue weighted by atomic mass is 19.1. The molecule has 0 N–H and O–H groups in total. The van der Waals surface area contributed by atoms with Gasteiger partial charge in [0.2, 0.25) is 0 Å². The van der Waals surface area contributed by atoms with Crippen LogP contribution in [0.2, 0.25) is 0 Å². The number of hydrogen-bond donors (Lipinski definition) is 0. The van der Waals surface area contributed by atoms with E-state index in [1.165, 1.54) is 0 Å². The van der Waals surface area contributed by atoms with Crippen LogP contribution in [0.5, 0.6) is 0 Å². The molecule has 0 saturated heterocycles. The smallest absolute Gasteiger partial charge is 0.129 e. The van der Waals surface area contributed by atoms with Gasteiger partial charge < -0.3 is 0 Å². The SMILES string of the molecule is C/C=C/C(F)C1C=[C]c2ccccc21. The largest absolute Gasteiger partial charge is 0.242 e. The molecule has 14 heavy (non-hydrogen) atoms. The summed E-state index contributed by atoms with van der Waals surface area (Å²) in [6.45, 7) is 1.83. The molecule has 1 aliphatic carbocycles. The van der Waals surface area contributed by atoms with E-state index in [9.17, 15) is 4.39 Å². The van der Waals surface area contributed by atoms with Crippen LogP contribution in [0.25, 0.3) is 0 Å². The summed E-state index contributed by atoms with van der Waals surface area (Å²) >= 11 is 0. The molecule has 0 aliphatic heterocycles. The molecule has 0 amide bonds. The van der Waals surface area contributed by atoms with Gasteiger partial charge in [-0.25, -0.2) is 4.39 Å². The fraction of sp³-hybridized carbons (Fsp3) is 0.231. The van der Waals surface area contributed by atoms with Crippen molar-refractivity contribution in [1.82, 2.24) is 0 Å². The average molecular weight is 187 g/mol. The Labute approximate surface area is 83.8 Å². The van der Waals surface area contributed by atoms with Crippen LogP contribution in [0.4, 0.5) is 4.39 Å². The Bertz CT molecular complexity index is 377. The summed E-state index contributed by atoms with van der Waals surface area (Å²) in [5.74, 6) is -0.151. The first-order valence-electron chi connectivity index (χ1n) is 4.78. The molecule has 0 aromatic heterocycles. The number of hydrogen-bond acceptors (Lipinski definition) is 0. The van der Waals surface area contributed by atoms with Gasteiger partial charge in [-0.3, -0.25) is 0 Å². The maximum absolute atomic E-state index is 13.6. The molecule has 71 valence electrons. The van der Waals surface area contributed by atoms with Crippen LogP contribution in [-0.4, -0.2) is 6.17 Å². The molecule has 0 saturated carbocycles. The first-order chi connectivity index (χ1) is 6.83. The number of alkyl halides is 1. The van der Waals surface area contributed by atoms with Crippen LogP contribution in [0.3, 0.4) is 0 Å². The summed E-state index contributed by atoms with van der Waals surface area (Å²) in [4.78, 5) is 0. The lowest BCUT2D eigenvalue weighted by atomic mass is 9.96. The highest BCUT2D eigenvalue weighted by molar-refractivity contribution is 5.44. The van der Waals surface area contributed by atoms with E-state index in [0.29, 0.717) is 0 Å². The molecule has 1 aromatic rings. The van der Waals surface area contributed by atoms with Gasteiger partial charge in [-0.15, -0.1) is 0 Å². The Morgan fingerprint density at radius 1 is 1.43 bits per heavy atom. The van der Waals surface area contributed by atoms with Gasteiger partial charge in [-0.05, 0) is 24.1 Å². The van der Waals surface area contributed by atoms with E-state index in [2.05, 4.69) is 6.08 Å². The highest BCUT2D eigenvalue weighted by Gasteiger charge is 2.23. The molecule has 2 atom stereocenters. The summed E-state index contributed by atoms with van der Waals surface area (Å²) in [6, 6.07) is 7.82. The summed E-state index contributed by atoms with van der Waals surface area (Å²) in [6.07, 6.45) is 7.31. The minimum absolute atomic E-state index is 0.151. The van der Waals surface area contributed by atoms with Crippen molar-refractivity contribution in [3.8, 4) is 0 Å². The fourth-order valence-electron chi connectivity index (χ4n) is 1.76. The third-order valence-corrected chi connectivity index (χ3v) is 2.46. The summed E-state index contributed by atoms with van der Waals surface area (Å²) in [5.41, 5.74) is 2.06. The van der Waals surface area contributed by atoms with Crippen LogP contribution < -0.4 is 0 Å². The fourth-order valence-corrected chi connectivity index (χ4v) is 1.76. The van der Waals surface area contributed by atoms with E-state index in [4.69, 9.17) is 0 Å². The normalized spacial score (nSPS) is 21.4. The van der Waals surface area contributed by atoms with Gasteiger partial charge in [-0.1, -0.05) is 42.5 Å². The lowest BCUT2D eigenvalue weighted by Crippen LogP contribution is -2.07. The van der Waals surface area contributed by atoms with Crippen LogP contribution in [0, 0.1) is 6.08 Å². The predicted octanol–water partition coefficient (Wildman–Crippen LogP) is 3.41. The van der Waals surface area contributed by atoms with Gasteiger partial charge in [0.15, 0.2) is 0 Å². The van der Waals surface area contributed by atoms with Gasteiger partial charge in [0.05, 0.1) is 0 Å². The van der Waals surface area contributed by atoms with Crippen LogP contribution in [0.15, 0.2) is 42.5 Å². The lowest BCUT2D eigenvalue weighted by Gasteiger charge is -2.12. The standard InChI is InChI=1S/C13H12F/c1-2-5-13(14)12-9-8-10-6-3-4-7-11(10)12/h2-7,9,12-13H,1H3/b5-2+. The third-order valence-electron chi connectivity index (χ3n) is 2.46. The zero-order valence-corrected chi connectivity index (χ0v) is 8.07. The summed E-state index contributed by atoms with van der Waals surface area (Å²) in [5, 5.41) is 0. The van der Waals surface area contributed by atoms with Crippen molar-refractivity contribution in [1.29, 1.82) is 0 Å². The predicted molar refractivity (Wildman–Crippen MR) is 55.8 cm³/mol. The van der Waals surface area contributed by atoms with E-state index >= 15 is 0 Å². The van der Waals surface area contributed by atoms with Gasteiger partial charge in [0, 0.05) is 5.92 Å². The maximum Gasteiger partial charge on any atom is 0.129 e. The molecule has 1 radical (unpaired) electrons. The van der Waals surface area contributed by atoms with Crippen LogP contribution in [0.1, 0.15) is 24.0 Å². The second-order valence-corrected chi connectivity index (χ2v) is 3.39. The van der Waals surface area contributed by atoms with Crippen molar-refractivity contribution in [2.75, 3.05) is 0 Å². The zero-order valence-electron chi connectivity index (χ0n) is 8.07. The Morgan fingerprint density at radius 2 is 2.21 bits per heavy atom. The molecule has 0 nitrogen and oxygen atoms in total. The average Bonchev–Trinajstić information content (AvgIpc) is 2.61. The van der Waals surface area contributed by atoms with Crippen LogP contribution >= 0.6 is 0 Å². The first kappa shape index (κ1) is 9.20. The molecular formula is C13H12F. The first-order valence-corrected chi connectivity index (χ1v) is 4.78. The van der Waals surface area contributed by atoms with E-state index < -0.39 is 6.17 Å². The zero-order chi connectivity index (χ0) is 9.97. The van der Waals surface area contributed by atoms with Crippen molar-refractivity contribution >= 4 is 0 Å². The molecule has 1 aliphatic rings. The van der Waals surface area contributed by atoms with Crippen molar-refractivity contribution in [2.24, 2.45) is 0 Å². The monoisotopic (exact) mass is 187 g/mol. The van der Waals surface area contributed by atoms with E-state index in [1.54, 1.807) is 12.2 Å². The molecule has 2 rings (SSSR count). The number of fused-ring (bicyclic) bond motifs is 1. The molecule has 1 heteroatoms. The molecule has 0 fully saturated rings. The molecule has 0 heterocycles. The minimum Gasteiger partial charge on any atom is -0.242 e. The highest BCUT2D eigenvalue weighted by Crippen LogP contribution is 2.32. The number of allylic oxidation sites excluding steroid dienone is 3. The van der Waals surface area contributed by atoms with E-state index in [-0.39, 0.29) is 5.92 Å². The van der Waals surface area contributed by atoms with Crippen molar-refractivity contribution in [2.45, 2.75) is 19.0 Å². The lowest BCUT2D eigenvalue weighted by molar-refractivity contribution is 0.373. The topological polar surface area (TPSA) is 0 Å². The maximum atomic E-state index is 13.6. The third kappa shape index (κ3) is 1.50. The molecule has 0 spiro atoms. The van der Waals surface area contributed by atoms with Crippen molar-refractivity contribution in [3.63, 3.8) is 0 Å². The van der Waals surface area contributed by atoms with Gasteiger partial charge in [-0.2, -0.15) is 0 Å². The summed E-state index contributed by atoms with van der Waals surface area (Å²) in [7, 11) is 0. The number of halogens is 1. The Kier molecular flexibility index (Phi) is 2.49. The molecule has 0 bridgehead atoms. The molecule has 1 aromatic carbocycles. The Balaban J connectivity index is 2.30. The quantitative estimate of drug-likeness (QED) is 0.622. The number of rotatable bonds is 2. The Hall–Kier alpha value is -1.37.